The van der Waals surface area contributed by atoms with E-state index in [-0.39, 0.29) is 23.7 Å². The Morgan fingerprint density at radius 3 is 2.36 bits per heavy atom. The van der Waals surface area contributed by atoms with E-state index >= 15 is 0 Å². The molecule has 2 rings (SSSR count). The van der Waals surface area contributed by atoms with Crippen molar-refractivity contribution in [1.82, 2.24) is 10.3 Å². The van der Waals surface area contributed by atoms with Crippen molar-refractivity contribution in [2.75, 3.05) is 6.54 Å². The minimum atomic E-state index is -1.01. The Kier molecular flexibility index (Phi) is 5.33. The van der Waals surface area contributed by atoms with Gasteiger partial charge in [0, 0.05) is 29.9 Å². The van der Waals surface area contributed by atoms with E-state index in [4.69, 9.17) is 0 Å². The number of carbonyl (C=O) groups excluding carboxylic acids is 2. The van der Waals surface area contributed by atoms with Crippen LogP contribution in [-0.4, -0.2) is 33.2 Å². The third-order valence-corrected chi connectivity index (χ3v) is 3.96. The molecule has 25 heavy (non-hydrogen) atoms. The quantitative estimate of drug-likeness (QED) is 0.420. The van der Waals surface area contributed by atoms with Crippen molar-refractivity contribution in [3.63, 3.8) is 0 Å². The maximum atomic E-state index is 12.3. The number of nitro benzene ring substituents is 1. The standard InChI is InChI=1S/C17H19N3O5/c1-9-15(11(3)21)10(2)19-16(9)17(23)18-8-14(22)12-4-6-13(7-5-12)20(24)25/h4-7,14,19,22H,8H2,1-3H3,(H,18,23). The Labute approximate surface area is 144 Å². The predicted octanol–water partition coefficient (Wildman–Crippen LogP) is 2.21. The number of nitro groups is 1. The summed E-state index contributed by atoms with van der Waals surface area (Å²) in [5, 5.41) is 23.3. The third kappa shape index (κ3) is 3.92. The maximum Gasteiger partial charge on any atom is 0.269 e. The molecule has 0 saturated carbocycles. The number of amides is 1. The zero-order chi connectivity index (χ0) is 18.7. The number of aromatic nitrogens is 1. The number of nitrogens with zero attached hydrogens (tertiary/aromatic N) is 1. The molecule has 0 bridgehead atoms. The van der Waals surface area contributed by atoms with Crippen molar-refractivity contribution in [1.29, 1.82) is 0 Å². The number of aryl methyl sites for hydroxylation is 1. The lowest BCUT2D eigenvalue weighted by Gasteiger charge is -2.12. The van der Waals surface area contributed by atoms with Gasteiger partial charge in [-0.1, -0.05) is 0 Å². The van der Waals surface area contributed by atoms with Crippen LogP contribution in [0.25, 0.3) is 0 Å². The molecule has 132 valence electrons. The number of hydrogen-bond donors (Lipinski definition) is 3. The van der Waals surface area contributed by atoms with Crippen LogP contribution in [0.3, 0.4) is 0 Å². The fourth-order valence-corrected chi connectivity index (χ4v) is 2.72. The zero-order valence-corrected chi connectivity index (χ0v) is 14.1. The first-order valence-corrected chi connectivity index (χ1v) is 7.63. The second kappa shape index (κ2) is 7.27. The van der Waals surface area contributed by atoms with Gasteiger partial charge in [-0.25, -0.2) is 0 Å². The maximum absolute atomic E-state index is 12.3. The lowest BCUT2D eigenvalue weighted by molar-refractivity contribution is -0.384. The average Bonchev–Trinajstić information content (AvgIpc) is 2.87. The molecule has 2 aromatic rings. The minimum Gasteiger partial charge on any atom is -0.387 e. The number of nitrogens with one attached hydrogen (secondary N) is 2. The number of rotatable bonds is 6. The summed E-state index contributed by atoms with van der Waals surface area (Å²) in [5.74, 6) is -0.565. The number of Topliss-reactive ketones (excluding diaryl/α,β-unsaturated/α-hetero) is 1. The summed E-state index contributed by atoms with van der Waals surface area (Å²) in [7, 11) is 0. The molecule has 3 N–H and O–H groups in total. The highest BCUT2D eigenvalue weighted by atomic mass is 16.6. The van der Waals surface area contributed by atoms with Crippen molar-refractivity contribution >= 4 is 17.4 Å². The zero-order valence-electron chi connectivity index (χ0n) is 14.1. The highest BCUT2D eigenvalue weighted by molar-refractivity contribution is 6.02. The van der Waals surface area contributed by atoms with Gasteiger partial charge < -0.3 is 15.4 Å². The lowest BCUT2D eigenvalue weighted by atomic mass is 10.1. The number of hydrogen-bond acceptors (Lipinski definition) is 5. The molecular weight excluding hydrogens is 326 g/mol. The highest BCUT2D eigenvalue weighted by Gasteiger charge is 2.20. The van der Waals surface area contributed by atoms with Crippen LogP contribution in [0.2, 0.25) is 0 Å². The van der Waals surface area contributed by atoms with Gasteiger partial charge in [-0.05, 0) is 44.0 Å². The first kappa shape index (κ1) is 18.3. The molecule has 1 heterocycles. The molecule has 1 aromatic heterocycles. The molecular formula is C17H19N3O5. The largest absolute Gasteiger partial charge is 0.387 e. The molecule has 0 aliphatic carbocycles. The van der Waals surface area contributed by atoms with E-state index in [1.54, 1.807) is 13.8 Å². The van der Waals surface area contributed by atoms with Gasteiger partial charge in [0.2, 0.25) is 0 Å². The van der Waals surface area contributed by atoms with E-state index in [9.17, 15) is 24.8 Å². The van der Waals surface area contributed by atoms with E-state index in [0.717, 1.165) is 0 Å². The van der Waals surface area contributed by atoms with Crippen LogP contribution >= 0.6 is 0 Å². The van der Waals surface area contributed by atoms with E-state index in [1.165, 1.54) is 31.2 Å². The van der Waals surface area contributed by atoms with Gasteiger partial charge in [0.05, 0.1) is 11.0 Å². The summed E-state index contributed by atoms with van der Waals surface area (Å²) >= 11 is 0. The Balaban J connectivity index is 2.05. The summed E-state index contributed by atoms with van der Waals surface area (Å²) in [4.78, 5) is 36.9. The Morgan fingerprint density at radius 1 is 1.28 bits per heavy atom. The topological polar surface area (TPSA) is 125 Å². The number of aromatic amines is 1. The minimum absolute atomic E-state index is 0.0659. The van der Waals surface area contributed by atoms with Crippen LogP contribution in [0.4, 0.5) is 5.69 Å². The van der Waals surface area contributed by atoms with Crippen LogP contribution in [0.15, 0.2) is 24.3 Å². The number of benzene rings is 1. The Morgan fingerprint density at radius 2 is 1.88 bits per heavy atom. The van der Waals surface area contributed by atoms with Crippen molar-refractivity contribution in [3.8, 4) is 0 Å². The average molecular weight is 345 g/mol. The first-order chi connectivity index (χ1) is 11.7. The van der Waals surface area contributed by atoms with E-state index < -0.39 is 16.9 Å². The first-order valence-electron chi connectivity index (χ1n) is 7.63. The molecule has 1 atom stereocenters. The fraction of sp³-hybridized carbons (Fsp3) is 0.294. The second-order valence-electron chi connectivity index (χ2n) is 5.76. The van der Waals surface area contributed by atoms with Gasteiger partial charge in [0.15, 0.2) is 5.78 Å². The normalized spacial score (nSPS) is 11.8. The number of aliphatic hydroxyl groups excluding tert-OH is 1. The number of non-ortho nitro benzene ring substituents is 1. The second-order valence-corrected chi connectivity index (χ2v) is 5.76. The fourth-order valence-electron chi connectivity index (χ4n) is 2.72. The molecule has 0 aliphatic heterocycles. The third-order valence-electron chi connectivity index (χ3n) is 3.96. The van der Waals surface area contributed by atoms with E-state index in [1.807, 2.05) is 0 Å². The van der Waals surface area contributed by atoms with E-state index in [2.05, 4.69) is 10.3 Å². The Hall–Kier alpha value is -3.00. The molecule has 0 saturated heterocycles. The van der Waals surface area contributed by atoms with Gasteiger partial charge in [-0.15, -0.1) is 0 Å². The summed E-state index contributed by atoms with van der Waals surface area (Å²) in [6.07, 6.45) is -1.01. The smallest absolute Gasteiger partial charge is 0.269 e. The molecule has 0 spiro atoms. The van der Waals surface area contributed by atoms with Gasteiger partial charge >= 0.3 is 0 Å². The SMILES string of the molecule is CC(=O)c1c(C)[nH]c(C(=O)NCC(O)c2ccc([N+](=O)[O-])cc2)c1C. The van der Waals surface area contributed by atoms with Crippen molar-refractivity contribution in [2.24, 2.45) is 0 Å². The summed E-state index contributed by atoms with van der Waals surface area (Å²) in [6.45, 7) is 4.76. The van der Waals surface area contributed by atoms with Crippen LogP contribution in [-0.2, 0) is 0 Å². The monoisotopic (exact) mass is 345 g/mol. The van der Waals surface area contributed by atoms with Crippen LogP contribution in [0.5, 0.6) is 0 Å². The van der Waals surface area contributed by atoms with Crippen molar-refractivity contribution < 1.29 is 19.6 Å². The molecule has 8 heteroatoms. The highest BCUT2D eigenvalue weighted by Crippen LogP contribution is 2.20. The predicted molar refractivity (Wildman–Crippen MR) is 90.7 cm³/mol. The molecule has 1 aromatic carbocycles. The van der Waals surface area contributed by atoms with Crippen LogP contribution in [0, 0.1) is 24.0 Å². The number of carbonyl (C=O) groups is 2. The lowest BCUT2D eigenvalue weighted by Crippen LogP contribution is -2.29. The van der Waals surface area contributed by atoms with Gasteiger partial charge in [0.1, 0.15) is 5.69 Å². The number of aliphatic hydroxyl groups is 1. The van der Waals surface area contributed by atoms with Crippen LogP contribution in [0.1, 0.15) is 50.7 Å². The van der Waals surface area contributed by atoms with Gasteiger partial charge in [-0.3, -0.25) is 19.7 Å². The van der Waals surface area contributed by atoms with Crippen molar-refractivity contribution in [2.45, 2.75) is 26.9 Å². The van der Waals surface area contributed by atoms with Crippen molar-refractivity contribution in [3.05, 3.63) is 62.5 Å². The summed E-state index contributed by atoms with van der Waals surface area (Å²) < 4.78 is 0. The molecule has 1 unspecified atom stereocenters. The van der Waals surface area contributed by atoms with Gasteiger partial charge in [-0.2, -0.15) is 0 Å². The molecule has 1 amide bonds. The van der Waals surface area contributed by atoms with E-state index in [0.29, 0.717) is 22.4 Å². The van der Waals surface area contributed by atoms with Crippen LogP contribution < -0.4 is 5.32 Å². The molecule has 0 radical (unpaired) electrons. The number of ketones is 1. The molecule has 8 nitrogen and oxygen atoms in total. The number of H-pyrrole nitrogens is 1. The van der Waals surface area contributed by atoms with Gasteiger partial charge in [0.25, 0.3) is 11.6 Å². The molecule has 0 aliphatic rings. The summed E-state index contributed by atoms with van der Waals surface area (Å²) in [6, 6.07) is 5.45. The Bertz CT molecular complexity index is 824. The summed E-state index contributed by atoms with van der Waals surface area (Å²) in [5.41, 5.74) is 2.32. The molecule has 0 fully saturated rings.